The lowest BCUT2D eigenvalue weighted by Crippen LogP contribution is -2.41. The number of rotatable bonds is 6. The maximum Gasteiger partial charge on any atom is 0.321 e. The minimum Gasteiger partial charge on any atom is -0.480 e. The van der Waals surface area contributed by atoms with Crippen LogP contribution in [0.15, 0.2) is 23.4 Å². The summed E-state index contributed by atoms with van der Waals surface area (Å²) in [6.07, 6.45) is 2.61. The lowest BCUT2D eigenvalue weighted by Gasteiger charge is -2.16. The number of halogens is 1. The van der Waals surface area contributed by atoms with E-state index in [0.29, 0.717) is 0 Å². The Morgan fingerprint density at radius 1 is 1.47 bits per heavy atom. The summed E-state index contributed by atoms with van der Waals surface area (Å²) in [5.74, 6) is -1.17. The normalized spacial score (nSPS) is 13.5. The quantitative estimate of drug-likeness (QED) is 0.830. The van der Waals surface area contributed by atoms with Gasteiger partial charge in [-0.05, 0) is 18.4 Å². The maximum absolute atomic E-state index is 12.0. The van der Waals surface area contributed by atoms with Gasteiger partial charge in [-0.1, -0.05) is 25.4 Å². The fraction of sp³-hybridized carbons (Fsp3) is 0.455. The third-order valence-corrected chi connectivity index (χ3v) is 3.94. The summed E-state index contributed by atoms with van der Waals surface area (Å²) in [5, 5.41) is 9.18. The fourth-order valence-corrected chi connectivity index (χ4v) is 2.89. The Balaban J connectivity index is 2.97. The van der Waals surface area contributed by atoms with Crippen LogP contribution in [0, 0.1) is 5.92 Å². The van der Waals surface area contributed by atoms with Crippen LogP contribution >= 0.6 is 11.6 Å². The van der Waals surface area contributed by atoms with Crippen LogP contribution in [0.1, 0.15) is 20.3 Å². The average molecular weight is 307 g/mol. The molecule has 0 saturated heterocycles. The molecule has 106 valence electrons. The number of aliphatic carboxylic acids is 1. The summed E-state index contributed by atoms with van der Waals surface area (Å²) in [6.45, 7) is 3.62. The second-order valence-electron chi connectivity index (χ2n) is 4.48. The molecule has 1 unspecified atom stereocenters. The summed E-state index contributed by atoms with van der Waals surface area (Å²) in [7, 11) is -3.95. The van der Waals surface area contributed by atoms with Crippen molar-refractivity contribution in [1.82, 2.24) is 9.71 Å². The molecule has 1 rings (SSSR count). The Labute approximate surface area is 116 Å². The topological polar surface area (TPSA) is 96.4 Å². The van der Waals surface area contributed by atoms with Crippen LogP contribution in [-0.4, -0.2) is 30.5 Å². The molecule has 0 fully saturated rings. The first-order valence-corrected chi connectivity index (χ1v) is 7.44. The van der Waals surface area contributed by atoms with Crippen LogP contribution in [0.3, 0.4) is 0 Å². The number of carboxylic acids is 1. The van der Waals surface area contributed by atoms with Gasteiger partial charge < -0.3 is 5.11 Å². The lowest BCUT2D eigenvalue weighted by atomic mass is 10.1. The molecule has 2 N–H and O–H groups in total. The molecule has 1 heterocycles. The van der Waals surface area contributed by atoms with Crippen molar-refractivity contribution in [1.29, 1.82) is 0 Å². The van der Waals surface area contributed by atoms with Crippen LogP contribution in [0.4, 0.5) is 0 Å². The maximum atomic E-state index is 12.0. The zero-order valence-corrected chi connectivity index (χ0v) is 12.1. The van der Waals surface area contributed by atoms with Gasteiger partial charge in [0.05, 0.1) is 5.02 Å². The molecule has 0 amide bonds. The predicted octanol–water partition coefficient (Wildman–Crippen LogP) is 1.51. The van der Waals surface area contributed by atoms with E-state index in [1.807, 2.05) is 13.8 Å². The van der Waals surface area contributed by atoms with Gasteiger partial charge in [0.1, 0.15) is 10.9 Å². The molecule has 0 aliphatic rings. The van der Waals surface area contributed by atoms with Crippen LogP contribution in [0.25, 0.3) is 0 Å². The highest BCUT2D eigenvalue weighted by atomic mass is 35.5. The van der Waals surface area contributed by atoms with Crippen molar-refractivity contribution < 1.29 is 18.3 Å². The number of aromatic nitrogens is 1. The highest BCUT2D eigenvalue weighted by molar-refractivity contribution is 7.89. The van der Waals surface area contributed by atoms with Gasteiger partial charge in [-0.2, -0.15) is 4.72 Å². The van der Waals surface area contributed by atoms with E-state index in [2.05, 4.69) is 9.71 Å². The first-order chi connectivity index (χ1) is 8.72. The Morgan fingerprint density at radius 3 is 2.58 bits per heavy atom. The van der Waals surface area contributed by atoms with Crippen LogP contribution in [-0.2, 0) is 14.8 Å². The number of pyridine rings is 1. The van der Waals surface area contributed by atoms with Crippen molar-refractivity contribution in [2.24, 2.45) is 5.92 Å². The van der Waals surface area contributed by atoms with Crippen molar-refractivity contribution in [2.75, 3.05) is 0 Å². The molecular formula is C11H15ClN2O4S. The number of carboxylic acid groups (broad SMARTS) is 1. The molecule has 1 aromatic heterocycles. The highest BCUT2D eigenvalue weighted by Crippen LogP contribution is 2.15. The van der Waals surface area contributed by atoms with Crippen LogP contribution < -0.4 is 4.72 Å². The van der Waals surface area contributed by atoms with Crippen LogP contribution in [0.5, 0.6) is 0 Å². The van der Waals surface area contributed by atoms with Crippen molar-refractivity contribution >= 4 is 27.6 Å². The molecular weight excluding hydrogens is 292 g/mol. The molecule has 0 radical (unpaired) electrons. The highest BCUT2D eigenvalue weighted by Gasteiger charge is 2.26. The average Bonchev–Trinajstić information content (AvgIpc) is 2.27. The van der Waals surface area contributed by atoms with Gasteiger partial charge in [0.15, 0.2) is 0 Å². The van der Waals surface area contributed by atoms with Gasteiger partial charge in [0.2, 0.25) is 10.0 Å². The standard InChI is InChI=1S/C11H15ClN2O4S/c1-7(2)3-10(11(15)16)14-19(17,18)9-4-8(12)5-13-6-9/h4-7,10,14H,3H2,1-2H3,(H,15,16). The Bertz CT molecular complexity index is 560. The van der Waals surface area contributed by atoms with E-state index in [-0.39, 0.29) is 22.3 Å². The third-order valence-electron chi connectivity index (χ3n) is 2.29. The SMILES string of the molecule is CC(C)CC(NS(=O)(=O)c1cncc(Cl)c1)C(=O)O. The fourth-order valence-electron chi connectivity index (χ4n) is 1.47. The molecule has 8 heteroatoms. The number of carbonyl (C=O) groups is 1. The van der Waals surface area contributed by atoms with Gasteiger partial charge in [0.25, 0.3) is 0 Å². The number of nitrogens with one attached hydrogen (secondary N) is 1. The van der Waals surface area contributed by atoms with Gasteiger partial charge in [0, 0.05) is 12.4 Å². The first-order valence-electron chi connectivity index (χ1n) is 5.58. The molecule has 6 nitrogen and oxygen atoms in total. The van der Waals surface area contributed by atoms with E-state index in [1.165, 1.54) is 12.3 Å². The third kappa shape index (κ3) is 4.77. The summed E-state index contributed by atoms with van der Waals surface area (Å²) >= 11 is 5.66. The van der Waals surface area contributed by atoms with Crippen molar-refractivity contribution in [2.45, 2.75) is 31.2 Å². The molecule has 0 saturated carbocycles. The molecule has 0 spiro atoms. The lowest BCUT2D eigenvalue weighted by molar-refractivity contribution is -0.139. The summed E-state index contributed by atoms with van der Waals surface area (Å²) < 4.78 is 26.2. The van der Waals surface area contributed by atoms with Gasteiger partial charge >= 0.3 is 5.97 Å². The van der Waals surface area contributed by atoms with E-state index >= 15 is 0 Å². The van der Waals surface area contributed by atoms with Gasteiger partial charge in [-0.25, -0.2) is 8.42 Å². The van der Waals surface area contributed by atoms with Gasteiger partial charge in [-0.15, -0.1) is 0 Å². The molecule has 0 aliphatic heterocycles. The summed E-state index contributed by atoms with van der Waals surface area (Å²) in [6, 6.07) is 0.0366. The Morgan fingerprint density at radius 2 is 2.11 bits per heavy atom. The van der Waals surface area contributed by atoms with Crippen molar-refractivity contribution in [3.63, 3.8) is 0 Å². The Hall–Kier alpha value is -1.18. The summed E-state index contributed by atoms with van der Waals surface area (Å²) in [5.41, 5.74) is 0. The van der Waals surface area contributed by atoms with E-state index in [4.69, 9.17) is 16.7 Å². The molecule has 0 aliphatic carbocycles. The predicted molar refractivity (Wildman–Crippen MR) is 70.4 cm³/mol. The Kier molecular flexibility index (Phi) is 5.28. The van der Waals surface area contributed by atoms with E-state index in [0.717, 1.165) is 6.20 Å². The minimum atomic E-state index is -3.95. The number of hydrogen-bond acceptors (Lipinski definition) is 4. The molecule has 0 bridgehead atoms. The number of nitrogens with zero attached hydrogens (tertiary/aromatic N) is 1. The van der Waals surface area contributed by atoms with E-state index in [1.54, 1.807) is 0 Å². The molecule has 19 heavy (non-hydrogen) atoms. The zero-order chi connectivity index (χ0) is 14.6. The molecule has 0 aromatic carbocycles. The number of sulfonamides is 1. The van der Waals surface area contributed by atoms with Crippen LogP contribution in [0.2, 0.25) is 5.02 Å². The van der Waals surface area contributed by atoms with Crippen molar-refractivity contribution in [3.05, 3.63) is 23.5 Å². The largest absolute Gasteiger partial charge is 0.480 e. The summed E-state index contributed by atoms with van der Waals surface area (Å²) in [4.78, 5) is 14.5. The minimum absolute atomic E-state index is 0.0429. The van der Waals surface area contributed by atoms with Gasteiger partial charge in [-0.3, -0.25) is 9.78 Å². The number of hydrogen-bond donors (Lipinski definition) is 2. The second kappa shape index (κ2) is 6.31. The molecule has 1 atom stereocenters. The van der Waals surface area contributed by atoms with E-state index in [9.17, 15) is 13.2 Å². The smallest absolute Gasteiger partial charge is 0.321 e. The van der Waals surface area contributed by atoms with E-state index < -0.39 is 22.0 Å². The molecule has 1 aromatic rings. The monoisotopic (exact) mass is 306 g/mol. The van der Waals surface area contributed by atoms with Crippen molar-refractivity contribution in [3.8, 4) is 0 Å². The zero-order valence-electron chi connectivity index (χ0n) is 10.5. The first kappa shape index (κ1) is 15.9. The second-order valence-corrected chi connectivity index (χ2v) is 6.63.